The van der Waals surface area contributed by atoms with Crippen LogP contribution in [-0.4, -0.2) is 32.5 Å². The molecule has 2 aromatic rings. The molecule has 0 aliphatic heterocycles. The molecule has 1 aromatic heterocycles. The maximum Gasteiger partial charge on any atom is 0.230 e. The largest absolute Gasteiger partial charge is 0.352 e. The van der Waals surface area contributed by atoms with Gasteiger partial charge in [0.2, 0.25) is 5.91 Å². The van der Waals surface area contributed by atoms with Gasteiger partial charge in [0.15, 0.2) is 11.0 Å². The highest BCUT2D eigenvalue weighted by molar-refractivity contribution is 7.99. The van der Waals surface area contributed by atoms with Crippen LogP contribution in [0.3, 0.4) is 0 Å². The van der Waals surface area contributed by atoms with Gasteiger partial charge in [0.1, 0.15) is 0 Å². The van der Waals surface area contributed by atoms with E-state index in [1.807, 2.05) is 29.8 Å². The van der Waals surface area contributed by atoms with Gasteiger partial charge >= 0.3 is 0 Å². The van der Waals surface area contributed by atoms with E-state index in [1.54, 1.807) is 0 Å². The van der Waals surface area contributed by atoms with Crippen molar-refractivity contribution in [2.24, 2.45) is 13.0 Å². The maximum atomic E-state index is 12.3. The van der Waals surface area contributed by atoms with E-state index in [4.69, 9.17) is 0 Å². The SMILES string of the molecule is Cc1ccccc1-c1nnc(SCC(=O)N[C@@H]2CCCC[C@H]2C)n1C. The Kier molecular flexibility index (Phi) is 5.78. The van der Waals surface area contributed by atoms with E-state index < -0.39 is 0 Å². The average molecular weight is 359 g/mol. The number of thioether (sulfide) groups is 1. The first-order valence-electron chi connectivity index (χ1n) is 8.94. The number of carbonyl (C=O) groups is 1. The van der Waals surface area contributed by atoms with Crippen LogP contribution in [0.1, 0.15) is 38.2 Å². The van der Waals surface area contributed by atoms with Crippen molar-refractivity contribution in [2.45, 2.75) is 50.7 Å². The van der Waals surface area contributed by atoms with Crippen LogP contribution < -0.4 is 5.32 Å². The Morgan fingerprint density at radius 1 is 1.28 bits per heavy atom. The molecule has 3 rings (SSSR count). The first-order valence-corrected chi connectivity index (χ1v) is 9.92. The first kappa shape index (κ1) is 18.0. The van der Waals surface area contributed by atoms with E-state index in [2.05, 4.69) is 35.4 Å². The van der Waals surface area contributed by atoms with Gasteiger partial charge in [-0.1, -0.05) is 55.8 Å². The predicted octanol–water partition coefficient (Wildman–Crippen LogP) is 3.58. The van der Waals surface area contributed by atoms with Crippen molar-refractivity contribution in [1.82, 2.24) is 20.1 Å². The standard InChI is InChI=1S/C19H26N4OS/c1-13-8-4-6-10-15(13)18-21-22-19(23(18)3)25-12-17(24)20-16-11-7-5-9-14(16)2/h4,6,8,10,14,16H,5,7,9,11-12H2,1-3H3,(H,20,24)/t14-,16-/m1/s1. The van der Waals surface area contributed by atoms with Crippen LogP contribution in [0.15, 0.2) is 29.4 Å². The van der Waals surface area contributed by atoms with Crippen LogP contribution in [-0.2, 0) is 11.8 Å². The van der Waals surface area contributed by atoms with Gasteiger partial charge in [-0.2, -0.15) is 0 Å². The number of benzene rings is 1. The van der Waals surface area contributed by atoms with Crippen molar-refractivity contribution in [3.8, 4) is 11.4 Å². The van der Waals surface area contributed by atoms with Gasteiger partial charge in [0.05, 0.1) is 5.75 Å². The van der Waals surface area contributed by atoms with Gasteiger partial charge in [-0.05, 0) is 31.2 Å². The summed E-state index contributed by atoms with van der Waals surface area (Å²) in [5.41, 5.74) is 2.24. The van der Waals surface area contributed by atoms with Gasteiger partial charge in [-0.3, -0.25) is 4.79 Å². The molecule has 0 spiro atoms. The third kappa shape index (κ3) is 4.24. The molecular formula is C19H26N4OS. The lowest BCUT2D eigenvalue weighted by molar-refractivity contribution is -0.119. The molecule has 1 aliphatic carbocycles. The molecule has 1 saturated carbocycles. The minimum absolute atomic E-state index is 0.0872. The van der Waals surface area contributed by atoms with Crippen LogP contribution in [0.5, 0.6) is 0 Å². The van der Waals surface area contributed by atoms with Crippen LogP contribution in [0.25, 0.3) is 11.4 Å². The van der Waals surface area contributed by atoms with Crippen molar-refractivity contribution in [1.29, 1.82) is 0 Å². The molecule has 1 aliphatic rings. The molecule has 1 fully saturated rings. The number of nitrogens with zero attached hydrogens (tertiary/aromatic N) is 3. The lowest BCUT2D eigenvalue weighted by Crippen LogP contribution is -2.41. The molecule has 2 atom stereocenters. The summed E-state index contributed by atoms with van der Waals surface area (Å²) in [6.07, 6.45) is 4.80. The Bertz CT molecular complexity index is 743. The minimum Gasteiger partial charge on any atom is -0.352 e. The highest BCUT2D eigenvalue weighted by Gasteiger charge is 2.23. The van der Waals surface area contributed by atoms with E-state index in [1.165, 1.54) is 36.6 Å². The van der Waals surface area contributed by atoms with E-state index in [0.29, 0.717) is 17.7 Å². The van der Waals surface area contributed by atoms with Gasteiger partial charge < -0.3 is 9.88 Å². The molecule has 1 amide bonds. The Balaban J connectivity index is 1.60. The zero-order valence-corrected chi connectivity index (χ0v) is 16.0. The summed E-state index contributed by atoms with van der Waals surface area (Å²) in [7, 11) is 1.95. The molecule has 1 N–H and O–H groups in total. The zero-order valence-electron chi connectivity index (χ0n) is 15.2. The summed E-state index contributed by atoms with van der Waals surface area (Å²) in [5.74, 6) is 1.87. The molecule has 6 heteroatoms. The molecule has 5 nitrogen and oxygen atoms in total. The van der Waals surface area contributed by atoms with Crippen molar-refractivity contribution >= 4 is 17.7 Å². The summed E-state index contributed by atoms with van der Waals surface area (Å²) in [6.45, 7) is 4.30. The van der Waals surface area contributed by atoms with Crippen LogP contribution in [0, 0.1) is 12.8 Å². The molecule has 134 valence electrons. The van der Waals surface area contributed by atoms with E-state index in [-0.39, 0.29) is 5.91 Å². The number of carbonyl (C=O) groups excluding carboxylic acids is 1. The second-order valence-electron chi connectivity index (χ2n) is 6.90. The predicted molar refractivity (Wildman–Crippen MR) is 101 cm³/mol. The van der Waals surface area contributed by atoms with Gasteiger partial charge in [0.25, 0.3) is 0 Å². The Labute approximate surface area is 153 Å². The topological polar surface area (TPSA) is 59.8 Å². The number of hydrogen-bond acceptors (Lipinski definition) is 4. The van der Waals surface area contributed by atoms with Crippen LogP contribution in [0.4, 0.5) is 0 Å². The molecule has 0 radical (unpaired) electrons. The summed E-state index contributed by atoms with van der Waals surface area (Å²) >= 11 is 1.44. The number of aromatic nitrogens is 3. The number of amides is 1. The number of hydrogen-bond donors (Lipinski definition) is 1. The molecule has 1 aromatic carbocycles. The fourth-order valence-electron chi connectivity index (χ4n) is 3.41. The molecule has 25 heavy (non-hydrogen) atoms. The Morgan fingerprint density at radius 3 is 2.80 bits per heavy atom. The molecule has 0 unspecified atom stereocenters. The smallest absolute Gasteiger partial charge is 0.230 e. The number of aryl methyl sites for hydroxylation is 1. The third-order valence-corrected chi connectivity index (χ3v) is 6.03. The highest BCUT2D eigenvalue weighted by atomic mass is 32.2. The molecule has 0 bridgehead atoms. The van der Waals surface area contributed by atoms with Crippen LogP contribution in [0.2, 0.25) is 0 Å². The van der Waals surface area contributed by atoms with Crippen molar-refractivity contribution in [3.63, 3.8) is 0 Å². The monoisotopic (exact) mass is 358 g/mol. The van der Waals surface area contributed by atoms with Crippen molar-refractivity contribution in [2.75, 3.05) is 5.75 Å². The third-order valence-electron chi connectivity index (χ3n) is 5.01. The number of rotatable bonds is 5. The minimum atomic E-state index is 0.0872. The van der Waals surface area contributed by atoms with Gasteiger partial charge in [0, 0.05) is 18.7 Å². The molecular weight excluding hydrogens is 332 g/mol. The van der Waals surface area contributed by atoms with Crippen LogP contribution >= 0.6 is 11.8 Å². The molecule has 0 saturated heterocycles. The zero-order chi connectivity index (χ0) is 17.8. The summed E-state index contributed by atoms with van der Waals surface area (Å²) < 4.78 is 1.96. The van der Waals surface area contributed by atoms with Gasteiger partial charge in [-0.15, -0.1) is 10.2 Å². The Morgan fingerprint density at radius 2 is 2.04 bits per heavy atom. The second kappa shape index (κ2) is 8.04. The van der Waals surface area contributed by atoms with E-state index in [0.717, 1.165) is 23.0 Å². The van der Waals surface area contributed by atoms with Gasteiger partial charge in [-0.25, -0.2) is 0 Å². The summed E-state index contributed by atoms with van der Waals surface area (Å²) in [4.78, 5) is 12.3. The fourth-order valence-corrected chi connectivity index (χ4v) is 4.13. The second-order valence-corrected chi connectivity index (χ2v) is 7.85. The van der Waals surface area contributed by atoms with Crippen molar-refractivity contribution in [3.05, 3.63) is 29.8 Å². The van der Waals surface area contributed by atoms with E-state index in [9.17, 15) is 4.79 Å². The van der Waals surface area contributed by atoms with Crippen molar-refractivity contribution < 1.29 is 4.79 Å². The maximum absolute atomic E-state index is 12.3. The Hall–Kier alpha value is -1.82. The summed E-state index contributed by atoms with van der Waals surface area (Å²) in [5, 5.41) is 12.5. The summed E-state index contributed by atoms with van der Waals surface area (Å²) in [6, 6.07) is 8.45. The lowest BCUT2D eigenvalue weighted by atomic mass is 9.86. The van der Waals surface area contributed by atoms with E-state index >= 15 is 0 Å². The quantitative estimate of drug-likeness (QED) is 0.830. The molecule has 1 heterocycles. The normalized spacial score (nSPS) is 20.4. The fraction of sp³-hybridized carbons (Fsp3) is 0.526. The first-order chi connectivity index (χ1) is 12.1. The number of nitrogens with one attached hydrogen (secondary N) is 1. The average Bonchev–Trinajstić information content (AvgIpc) is 2.96. The lowest BCUT2D eigenvalue weighted by Gasteiger charge is -2.29. The highest BCUT2D eigenvalue weighted by Crippen LogP contribution is 2.26.